The highest BCUT2D eigenvalue weighted by atomic mass is 16.5. The molecule has 0 atom stereocenters. The average molecular weight is 439 g/mol. The Kier molecular flexibility index (Phi) is 7.83. The van der Waals surface area contributed by atoms with E-state index >= 15 is 0 Å². The van der Waals surface area contributed by atoms with Gasteiger partial charge >= 0.3 is 0 Å². The van der Waals surface area contributed by atoms with Crippen LogP contribution in [0.15, 0.2) is 42.5 Å². The van der Waals surface area contributed by atoms with Gasteiger partial charge in [0, 0.05) is 31.9 Å². The fraction of sp³-hybridized carbons (Fsp3) is 0.375. The highest BCUT2D eigenvalue weighted by molar-refractivity contribution is 5.98. The van der Waals surface area contributed by atoms with E-state index in [1.807, 2.05) is 36.9 Å². The third-order valence-corrected chi connectivity index (χ3v) is 5.59. The second-order valence-corrected chi connectivity index (χ2v) is 7.85. The minimum Gasteiger partial charge on any atom is -0.496 e. The highest BCUT2D eigenvalue weighted by Crippen LogP contribution is 2.19. The number of anilines is 1. The zero-order chi connectivity index (χ0) is 23.1. The molecular weight excluding hydrogens is 408 g/mol. The van der Waals surface area contributed by atoms with Gasteiger partial charge in [0.25, 0.3) is 5.91 Å². The summed E-state index contributed by atoms with van der Waals surface area (Å²) in [5, 5.41) is 5.66. The van der Waals surface area contributed by atoms with Crippen LogP contribution in [0.3, 0.4) is 0 Å². The van der Waals surface area contributed by atoms with Gasteiger partial charge in [-0.2, -0.15) is 0 Å². The van der Waals surface area contributed by atoms with Crippen molar-refractivity contribution in [2.45, 2.75) is 13.8 Å². The lowest BCUT2D eigenvalue weighted by atomic mass is 10.1. The van der Waals surface area contributed by atoms with E-state index in [1.54, 1.807) is 29.2 Å². The zero-order valence-corrected chi connectivity index (χ0v) is 18.8. The van der Waals surface area contributed by atoms with Crippen molar-refractivity contribution >= 4 is 23.4 Å². The number of carbonyl (C=O) groups is 3. The molecule has 1 saturated heterocycles. The second-order valence-electron chi connectivity index (χ2n) is 7.85. The molecule has 0 aromatic heterocycles. The summed E-state index contributed by atoms with van der Waals surface area (Å²) in [5.41, 5.74) is 3.31. The van der Waals surface area contributed by atoms with Gasteiger partial charge in [0.15, 0.2) is 0 Å². The molecule has 170 valence electrons. The summed E-state index contributed by atoms with van der Waals surface area (Å²) < 4.78 is 5.19. The molecule has 1 fully saturated rings. The Bertz CT molecular complexity index is 963. The number of nitrogens with zero attached hydrogens (tertiary/aromatic N) is 2. The third kappa shape index (κ3) is 5.85. The molecule has 2 N–H and O–H groups in total. The first-order valence-corrected chi connectivity index (χ1v) is 10.7. The van der Waals surface area contributed by atoms with Crippen molar-refractivity contribution in [2.75, 3.05) is 51.7 Å². The molecule has 2 aromatic carbocycles. The van der Waals surface area contributed by atoms with E-state index in [0.29, 0.717) is 37.5 Å². The lowest BCUT2D eigenvalue weighted by Crippen LogP contribution is -2.52. The normalized spacial score (nSPS) is 14.0. The molecule has 0 radical (unpaired) electrons. The van der Waals surface area contributed by atoms with Crippen molar-refractivity contribution in [3.05, 3.63) is 59.2 Å². The standard InChI is InChI=1S/C24H30N4O4/c1-17-7-6-8-18(2)23(17)26-21(29)16-27-11-13-28(14-12-27)22(30)15-25-24(31)19-9-4-5-10-20(19)32-3/h4-10H,11-16H2,1-3H3,(H,25,31)(H,26,29). The zero-order valence-electron chi connectivity index (χ0n) is 18.8. The molecule has 2 aromatic rings. The molecule has 0 unspecified atom stereocenters. The first-order chi connectivity index (χ1) is 15.4. The van der Waals surface area contributed by atoms with Crippen LogP contribution < -0.4 is 15.4 Å². The number of amides is 3. The van der Waals surface area contributed by atoms with Gasteiger partial charge in [-0.25, -0.2) is 0 Å². The lowest BCUT2D eigenvalue weighted by molar-refractivity contribution is -0.132. The van der Waals surface area contributed by atoms with Crippen LogP contribution in [0.25, 0.3) is 0 Å². The summed E-state index contributed by atoms with van der Waals surface area (Å²) in [6.45, 7) is 6.38. The molecule has 1 heterocycles. The molecule has 3 rings (SSSR count). The van der Waals surface area contributed by atoms with Crippen LogP contribution in [-0.2, 0) is 9.59 Å². The SMILES string of the molecule is COc1ccccc1C(=O)NCC(=O)N1CCN(CC(=O)Nc2c(C)cccc2C)CC1. The minimum atomic E-state index is -0.349. The maximum atomic E-state index is 12.5. The Hall–Kier alpha value is -3.39. The fourth-order valence-electron chi connectivity index (χ4n) is 3.74. The van der Waals surface area contributed by atoms with E-state index in [1.165, 1.54) is 7.11 Å². The number of rotatable bonds is 7. The molecule has 8 heteroatoms. The third-order valence-electron chi connectivity index (χ3n) is 5.59. The van der Waals surface area contributed by atoms with Crippen molar-refractivity contribution < 1.29 is 19.1 Å². The number of nitrogens with one attached hydrogen (secondary N) is 2. The van der Waals surface area contributed by atoms with Crippen LogP contribution in [0.2, 0.25) is 0 Å². The maximum absolute atomic E-state index is 12.5. The summed E-state index contributed by atoms with van der Waals surface area (Å²) in [6.07, 6.45) is 0. The number of aryl methyl sites for hydroxylation is 2. The van der Waals surface area contributed by atoms with Crippen LogP contribution in [0.4, 0.5) is 5.69 Å². The number of benzene rings is 2. The fourth-order valence-corrected chi connectivity index (χ4v) is 3.74. The lowest BCUT2D eigenvalue weighted by Gasteiger charge is -2.34. The predicted octanol–water partition coefficient (Wildman–Crippen LogP) is 1.82. The molecule has 0 saturated carbocycles. The average Bonchev–Trinajstić information content (AvgIpc) is 2.80. The molecule has 0 aliphatic carbocycles. The van der Waals surface area contributed by atoms with E-state index in [0.717, 1.165) is 16.8 Å². The molecule has 1 aliphatic rings. The van der Waals surface area contributed by atoms with Crippen LogP contribution >= 0.6 is 0 Å². The number of para-hydroxylation sites is 2. The Balaban J connectivity index is 1.43. The van der Waals surface area contributed by atoms with Gasteiger partial charge in [0.2, 0.25) is 11.8 Å². The quantitative estimate of drug-likeness (QED) is 0.688. The van der Waals surface area contributed by atoms with Crippen molar-refractivity contribution in [1.82, 2.24) is 15.1 Å². The van der Waals surface area contributed by atoms with E-state index in [-0.39, 0.29) is 30.8 Å². The molecule has 3 amide bonds. The molecular formula is C24H30N4O4. The van der Waals surface area contributed by atoms with Crippen LogP contribution in [0.5, 0.6) is 5.75 Å². The largest absolute Gasteiger partial charge is 0.496 e. The van der Waals surface area contributed by atoms with Gasteiger partial charge in [-0.3, -0.25) is 19.3 Å². The smallest absolute Gasteiger partial charge is 0.255 e. The molecule has 0 spiro atoms. The van der Waals surface area contributed by atoms with E-state index < -0.39 is 0 Å². The molecule has 32 heavy (non-hydrogen) atoms. The summed E-state index contributed by atoms with van der Waals surface area (Å²) in [7, 11) is 1.50. The number of methoxy groups -OCH3 is 1. The number of ether oxygens (including phenoxy) is 1. The van der Waals surface area contributed by atoms with Gasteiger partial charge < -0.3 is 20.3 Å². The van der Waals surface area contributed by atoms with Crippen molar-refractivity contribution in [1.29, 1.82) is 0 Å². The topological polar surface area (TPSA) is 91.0 Å². The van der Waals surface area contributed by atoms with E-state index in [9.17, 15) is 14.4 Å². The number of piperazine rings is 1. The predicted molar refractivity (Wildman–Crippen MR) is 123 cm³/mol. The van der Waals surface area contributed by atoms with Crippen molar-refractivity contribution in [3.8, 4) is 5.75 Å². The first-order valence-electron chi connectivity index (χ1n) is 10.7. The van der Waals surface area contributed by atoms with Gasteiger partial charge in [0.05, 0.1) is 25.8 Å². The van der Waals surface area contributed by atoms with Crippen LogP contribution in [0.1, 0.15) is 21.5 Å². The second kappa shape index (κ2) is 10.8. The van der Waals surface area contributed by atoms with Crippen molar-refractivity contribution in [2.24, 2.45) is 0 Å². The number of hydrogen-bond donors (Lipinski definition) is 2. The Morgan fingerprint density at radius 3 is 2.25 bits per heavy atom. The summed E-state index contributed by atoms with van der Waals surface area (Å²) in [6, 6.07) is 12.8. The maximum Gasteiger partial charge on any atom is 0.255 e. The van der Waals surface area contributed by atoms with Gasteiger partial charge in [-0.15, -0.1) is 0 Å². The van der Waals surface area contributed by atoms with Crippen LogP contribution in [-0.4, -0.2) is 73.9 Å². The van der Waals surface area contributed by atoms with E-state index in [4.69, 9.17) is 4.74 Å². The Morgan fingerprint density at radius 1 is 0.938 bits per heavy atom. The van der Waals surface area contributed by atoms with Gasteiger partial charge in [-0.1, -0.05) is 30.3 Å². The van der Waals surface area contributed by atoms with Crippen LogP contribution in [0, 0.1) is 13.8 Å². The van der Waals surface area contributed by atoms with E-state index in [2.05, 4.69) is 10.6 Å². The van der Waals surface area contributed by atoms with Crippen molar-refractivity contribution in [3.63, 3.8) is 0 Å². The minimum absolute atomic E-state index is 0.0637. The Morgan fingerprint density at radius 2 is 1.59 bits per heavy atom. The molecule has 1 aliphatic heterocycles. The van der Waals surface area contributed by atoms with Gasteiger partial charge in [0.1, 0.15) is 5.75 Å². The Labute approximate surface area is 188 Å². The summed E-state index contributed by atoms with van der Waals surface area (Å²) in [5.74, 6) is -0.0954. The monoisotopic (exact) mass is 438 g/mol. The highest BCUT2D eigenvalue weighted by Gasteiger charge is 2.23. The first kappa shape index (κ1) is 23.3. The number of carbonyl (C=O) groups excluding carboxylic acids is 3. The summed E-state index contributed by atoms with van der Waals surface area (Å²) >= 11 is 0. The molecule has 8 nitrogen and oxygen atoms in total. The number of hydrogen-bond acceptors (Lipinski definition) is 5. The van der Waals surface area contributed by atoms with Gasteiger partial charge in [-0.05, 0) is 37.1 Å². The molecule has 0 bridgehead atoms. The summed E-state index contributed by atoms with van der Waals surface area (Å²) in [4.78, 5) is 41.1.